The average Bonchev–Trinajstić information content (AvgIpc) is 2.55. The molecule has 1 atom stereocenters. The van der Waals surface area contributed by atoms with Crippen LogP contribution in [0.4, 0.5) is 5.82 Å². The van der Waals surface area contributed by atoms with Crippen molar-refractivity contribution in [2.24, 2.45) is 0 Å². The zero-order chi connectivity index (χ0) is 16.6. The SMILES string of the molecule is Cc1cc(C(C)Cl)c2nc(N3CCCCC3)c(C#N)c(=O)n2c1. The van der Waals surface area contributed by atoms with Crippen molar-refractivity contribution in [1.82, 2.24) is 9.38 Å². The van der Waals surface area contributed by atoms with Gasteiger partial charge in [-0.25, -0.2) is 4.98 Å². The quantitative estimate of drug-likeness (QED) is 0.793. The third-order valence-electron chi connectivity index (χ3n) is 4.27. The van der Waals surface area contributed by atoms with E-state index < -0.39 is 0 Å². The third kappa shape index (κ3) is 2.79. The first-order valence-electron chi connectivity index (χ1n) is 7.89. The summed E-state index contributed by atoms with van der Waals surface area (Å²) in [6.45, 7) is 5.42. The van der Waals surface area contributed by atoms with E-state index in [1.54, 1.807) is 6.20 Å². The van der Waals surface area contributed by atoms with Crippen LogP contribution in [-0.4, -0.2) is 22.5 Å². The number of fused-ring (bicyclic) bond motifs is 1. The largest absolute Gasteiger partial charge is 0.355 e. The Hall–Kier alpha value is -2.06. The highest BCUT2D eigenvalue weighted by Crippen LogP contribution is 2.27. The van der Waals surface area contributed by atoms with Crippen molar-refractivity contribution in [1.29, 1.82) is 5.26 Å². The van der Waals surface area contributed by atoms with Gasteiger partial charge in [0.25, 0.3) is 5.56 Å². The highest BCUT2D eigenvalue weighted by Gasteiger charge is 2.22. The summed E-state index contributed by atoms with van der Waals surface area (Å²) in [5.41, 5.74) is 2.07. The number of nitrogens with zero attached hydrogens (tertiary/aromatic N) is 4. The van der Waals surface area contributed by atoms with Crippen LogP contribution in [0.25, 0.3) is 5.65 Å². The molecule has 0 aromatic carbocycles. The molecule has 2 aromatic heterocycles. The molecule has 3 rings (SSSR count). The summed E-state index contributed by atoms with van der Waals surface area (Å²) in [6.07, 6.45) is 5.00. The Balaban J connectivity index is 2.33. The van der Waals surface area contributed by atoms with E-state index in [1.807, 2.05) is 24.8 Å². The highest BCUT2D eigenvalue weighted by atomic mass is 35.5. The molecular formula is C17H19ClN4O. The first-order valence-corrected chi connectivity index (χ1v) is 8.32. The van der Waals surface area contributed by atoms with E-state index >= 15 is 0 Å². The number of hydrogen-bond donors (Lipinski definition) is 0. The number of pyridine rings is 1. The number of hydrogen-bond acceptors (Lipinski definition) is 4. The summed E-state index contributed by atoms with van der Waals surface area (Å²) < 4.78 is 1.45. The Morgan fingerprint density at radius 2 is 2.04 bits per heavy atom. The van der Waals surface area contributed by atoms with E-state index in [9.17, 15) is 10.1 Å². The van der Waals surface area contributed by atoms with Crippen molar-refractivity contribution in [3.8, 4) is 6.07 Å². The van der Waals surface area contributed by atoms with E-state index in [2.05, 4.69) is 11.1 Å². The molecule has 1 aliphatic rings. The number of aryl methyl sites for hydroxylation is 1. The molecule has 1 unspecified atom stereocenters. The monoisotopic (exact) mass is 330 g/mol. The van der Waals surface area contributed by atoms with Gasteiger partial charge in [0.05, 0.1) is 5.38 Å². The van der Waals surface area contributed by atoms with Gasteiger partial charge < -0.3 is 4.90 Å². The average molecular weight is 331 g/mol. The van der Waals surface area contributed by atoms with E-state index in [1.165, 1.54) is 10.8 Å². The number of anilines is 1. The Kier molecular flexibility index (Phi) is 4.27. The van der Waals surface area contributed by atoms with Crippen molar-refractivity contribution < 1.29 is 0 Å². The molecule has 23 heavy (non-hydrogen) atoms. The van der Waals surface area contributed by atoms with Gasteiger partial charge in [-0.1, -0.05) is 0 Å². The van der Waals surface area contributed by atoms with Gasteiger partial charge in [0.2, 0.25) is 0 Å². The normalized spacial score (nSPS) is 16.3. The number of alkyl halides is 1. The van der Waals surface area contributed by atoms with E-state index in [-0.39, 0.29) is 16.5 Å². The van der Waals surface area contributed by atoms with Crippen LogP contribution < -0.4 is 10.5 Å². The van der Waals surface area contributed by atoms with Gasteiger partial charge in [-0.3, -0.25) is 9.20 Å². The molecule has 120 valence electrons. The fourth-order valence-corrected chi connectivity index (χ4v) is 3.28. The van der Waals surface area contributed by atoms with Gasteiger partial charge in [0.1, 0.15) is 11.7 Å². The van der Waals surface area contributed by atoms with Crippen molar-refractivity contribution >= 4 is 23.1 Å². The van der Waals surface area contributed by atoms with Crippen LogP contribution in [0.2, 0.25) is 0 Å². The summed E-state index contributed by atoms with van der Waals surface area (Å²) in [7, 11) is 0. The molecule has 0 radical (unpaired) electrons. The Labute approximate surface area is 140 Å². The summed E-state index contributed by atoms with van der Waals surface area (Å²) >= 11 is 6.28. The molecule has 0 bridgehead atoms. The molecule has 6 heteroatoms. The lowest BCUT2D eigenvalue weighted by Gasteiger charge is -2.28. The van der Waals surface area contributed by atoms with Crippen LogP contribution in [-0.2, 0) is 0 Å². The zero-order valence-electron chi connectivity index (χ0n) is 13.3. The molecule has 0 spiro atoms. The number of piperidine rings is 1. The molecular weight excluding hydrogens is 312 g/mol. The predicted molar refractivity (Wildman–Crippen MR) is 91.2 cm³/mol. The fraction of sp³-hybridized carbons (Fsp3) is 0.471. The number of halogens is 1. The van der Waals surface area contributed by atoms with Gasteiger partial charge in [-0.2, -0.15) is 5.26 Å². The lowest BCUT2D eigenvalue weighted by Crippen LogP contribution is -2.34. The highest BCUT2D eigenvalue weighted by molar-refractivity contribution is 6.21. The minimum atomic E-state index is -0.319. The van der Waals surface area contributed by atoms with Gasteiger partial charge in [0.15, 0.2) is 11.4 Å². The van der Waals surface area contributed by atoms with Crippen LogP contribution in [0, 0.1) is 18.3 Å². The maximum absolute atomic E-state index is 12.8. The maximum Gasteiger partial charge on any atom is 0.278 e. The Morgan fingerprint density at radius 3 is 2.65 bits per heavy atom. The summed E-state index contributed by atoms with van der Waals surface area (Å²) in [6, 6.07) is 4.00. The maximum atomic E-state index is 12.8. The van der Waals surface area contributed by atoms with Crippen molar-refractivity contribution in [2.75, 3.05) is 18.0 Å². The van der Waals surface area contributed by atoms with Crippen LogP contribution >= 0.6 is 11.6 Å². The molecule has 3 heterocycles. The van der Waals surface area contributed by atoms with Crippen molar-refractivity contribution in [3.63, 3.8) is 0 Å². The molecule has 0 saturated carbocycles. The second-order valence-electron chi connectivity index (χ2n) is 6.06. The first kappa shape index (κ1) is 15.8. The van der Waals surface area contributed by atoms with Gasteiger partial charge in [0, 0.05) is 24.8 Å². The van der Waals surface area contributed by atoms with Gasteiger partial charge >= 0.3 is 0 Å². The predicted octanol–water partition coefficient (Wildman–Crippen LogP) is 3.16. The second-order valence-corrected chi connectivity index (χ2v) is 6.71. The van der Waals surface area contributed by atoms with E-state index in [4.69, 9.17) is 11.6 Å². The van der Waals surface area contributed by atoms with E-state index in [0.717, 1.165) is 37.1 Å². The molecule has 0 amide bonds. The minimum absolute atomic E-state index is 0.114. The molecule has 1 fully saturated rings. The summed E-state index contributed by atoms with van der Waals surface area (Å²) in [5.74, 6) is 0.500. The minimum Gasteiger partial charge on any atom is -0.355 e. The summed E-state index contributed by atoms with van der Waals surface area (Å²) in [4.78, 5) is 19.5. The topological polar surface area (TPSA) is 61.4 Å². The van der Waals surface area contributed by atoms with Crippen LogP contribution in [0.15, 0.2) is 17.1 Å². The standard InChI is InChI=1S/C17H19ClN4O/c1-11-8-13(12(2)18)16-20-15(21-6-4-3-5-7-21)14(9-19)17(23)22(16)10-11/h8,10,12H,3-7H2,1-2H3. The zero-order valence-corrected chi connectivity index (χ0v) is 14.1. The number of rotatable bonds is 2. The number of nitriles is 1. The second kappa shape index (κ2) is 6.21. The van der Waals surface area contributed by atoms with Gasteiger partial charge in [-0.05, 0) is 44.7 Å². The van der Waals surface area contributed by atoms with Crippen LogP contribution in [0.1, 0.15) is 48.3 Å². The van der Waals surface area contributed by atoms with Crippen molar-refractivity contribution in [2.45, 2.75) is 38.5 Å². The smallest absolute Gasteiger partial charge is 0.278 e. The molecule has 0 aliphatic carbocycles. The van der Waals surface area contributed by atoms with Crippen molar-refractivity contribution in [3.05, 3.63) is 39.3 Å². The summed E-state index contributed by atoms with van der Waals surface area (Å²) in [5, 5.41) is 9.22. The molecule has 0 N–H and O–H groups in total. The molecule has 1 aliphatic heterocycles. The molecule has 1 saturated heterocycles. The number of aromatic nitrogens is 2. The van der Waals surface area contributed by atoms with E-state index in [0.29, 0.717) is 11.5 Å². The van der Waals surface area contributed by atoms with Gasteiger partial charge in [-0.15, -0.1) is 11.6 Å². The lowest BCUT2D eigenvalue weighted by molar-refractivity contribution is 0.572. The van der Waals surface area contributed by atoms with Crippen LogP contribution in [0.3, 0.4) is 0 Å². The molecule has 2 aromatic rings. The third-order valence-corrected chi connectivity index (χ3v) is 4.50. The lowest BCUT2D eigenvalue weighted by atomic mass is 10.1. The van der Waals surface area contributed by atoms with Crippen LogP contribution in [0.5, 0.6) is 0 Å². The molecule has 5 nitrogen and oxygen atoms in total. The Morgan fingerprint density at radius 1 is 1.35 bits per heavy atom. The first-order chi connectivity index (χ1) is 11.0. The Bertz CT molecular complexity index is 844. The fourth-order valence-electron chi connectivity index (χ4n) is 3.12.